The number of benzene rings is 1. The molecule has 1 aliphatic carbocycles. The first-order valence-electron chi connectivity index (χ1n) is 11.2. The van der Waals surface area contributed by atoms with E-state index in [9.17, 15) is 4.79 Å². The summed E-state index contributed by atoms with van der Waals surface area (Å²) in [5, 5.41) is 4.43. The summed E-state index contributed by atoms with van der Waals surface area (Å²) in [6.07, 6.45) is 9.16. The molecule has 3 heterocycles. The van der Waals surface area contributed by atoms with Gasteiger partial charge in [0.05, 0.1) is 6.20 Å². The molecule has 1 amide bonds. The summed E-state index contributed by atoms with van der Waals surface area (Å²) < 4.78 is 1.81. The van der Waals surface area contributed by atoms with Crippen LogP contribution in [0.1, 0.15) is 66.1 Å². The van der Waals surface area contributed by atoms with Crippen LogP contribution < -0.4 is 0 Å². The minimum atomic E-state index is 0.204. The topological polar surface area (TPSA) is 41.4 Å². The molecule has 0 atom stereocenters. The predicted molar refractivity (Wildman–Crippen MR) is 114 cm³/mol. The molecule has 2 aliphatic heterocycles. The van der Waals surface area contributed by atoms with Gasteiger partial charge in [0.2, 0.25) is 0 Å². The average Bonchev–Trinajstić information content (AvgIpc) is 3.27. The highest BCUT2D eigenvalue weighted by Crippen LogP contribution is 2.42. The van der Waals surface area contributed by atoms with Crippen LogP contribution in [-0.2, 0) is 13.6 Å². The van der Waals surface area contributed by atoms with Crippen molar-refractivity contribution >= 4 is 5.91 Å². The molecular weight excluding hydrogens is 360 g/mol. The van der Waals surface area contributed by atoms with Crippen molar-refractivity contribution in [3.63, 3.8) is 0 Å². The highest BCUT2D eigenvalue weighted by Gasteiger charge is 2.43. The predicted octanol–water partition coefficient (Wildman–Crippen LogP) is 3.82. The maximum atomic E-state index is 13.4. The van der Waals surface area contributed by atoms with Crippen LogP contribution in [0.5, 0.6) is 0 Å². The molecule has 1 spiro atoms. The normalized spacial score (nSPS) is 22.2. The van der Waals surface area contributed by atoms with E-state index in [0.29, 0.717) is 11.3 Å². The second kappa shape index (κ2) is 7.60. The lowest BCUT2D eigenvalue weighted by atomic mass is 9.77. The Morgan fingerprint density at radius 3 is 2.52 bits per heavy atom. The number of aryl methyl sites for hydroxylation is 1. The van der Waals surface area contributed by atoms with Gasteiger partial charge in [-0.05, 0) is 62.1 Å². The van der Waals surface area contributed by atoms with Crippen molar-refractivity contribution in [3.8, 4) is 0 Å². The summed E-state index contributed by atoms with van der Waals surface area (Å²) in [4.78, 5) is 18.1. The highest BCUT2D eigenvalue weighted by atomic mass is 16.2. The standard InChI is InChI=1S/C24H32N4O/c1-26-22(21(16-25-26)20-8-5-9-20)23(29)28-15-12-24(18-28)10-13-27(14-11-24)17-19-6-3-2-4-7-19/h2-4,6-7,16,20H,5,8-15,17-18H2,1H3. The van der Waals surface area contributed by atoms with E-state index in [-0.39, 0.29) is 5.91 Å². The molecule has 154 valence electrons. The lowest BCUT2D eigenvalue weighted by molar-refractivity contribution is 0.0702. The minimum absolute atomic E-state index is 0.204. The zero-order valence-corrected chi connectivity index (χ0v) is 17.5. The minimum Gasteiger partial charge on any atom is -0.337 e. The third kappa shape index (κ3) is 3.61. The third-order valence-corrected chi connectivity index (χ3v) is 7.61. The molecule has 0 bridgehead atoms. The lowest BCUT2D eigenvalue weighted by Gasteiger charge is -2.39. The van der Waals surface area contributed by atoms with Gasteiger partial charge in [0.1, 0.15) is 5.69 Å². The van der Waals surface area contributed by atoms with E-state index in [1.165, 1.54) is 43.2 Å². The van der Waals surface area contributed by atoms with E-state index in [1.807, 2.05) is 17.9 Å². The fourth-order valence-electron chi connectivity index (χ4n) is 5.43. The van der Waals surface area contributed by atoms with Gasteiger partial charge in [-0.15, -0.1) is 0 Å². The summed E-state index contributed by atoms with van der Waals surface area (Å²) in [5.41, 5.74) is 3.74. The van der Waals surface area contributed by atoms with E-state index in [2.05, 4.69) is 45.2 Å². The van der Waals surface area contributed by atoms with E-state index in [0.717, 1.165) is 44.8 Å². The fraction of sp³-hybridized carbons (Fsp3) is 0.583. The molecule has 1 aromatic carbocycles. The van der Waals surface area contributed by atoms with E-state index in [1.54, 1.807) is 0 Å². The van der Waals surface area contributed by atoms with Crippen molar-refractivity contribution in [2.24, 2.45) is 12.5 Å². The van der Waals surface area contributed by atoms with Crippen LogP contribution in [0.4, 0.5) is 0 Å². The number of carbonyl (C=O) groups is 1. The Labute approximate surface area is 173 Å². The second-order valence-corrected chi connectivity index (χ2v) is 9.44. The molecule has 5 heteroatoms. The summed E-state index contributed by atoms with van der Waals surface area (Å²) in [6.45, 7) is 5.12. The molecule has 3 fully saturated rings. The van der Waals surface area contributed by atoms with Gasteiger partial charge in [-0.25, -0.2) is 0 Å². The van der Waals surface area contributed by atoms with Crippen LogP contribution in [0.25, 0.3) is 0 Å². The molecule has 2 aromatic rings. The largest absolute Gasteiger partial charge is 0.337 e. The van der Waals surface area contributed by atoms with Crippen molar-refractivity contribution in [1.82, 2.24) is 19.6 Å². The number of carbonyl (C=O) groups excluding carboxylic acids is 1. The van der Waals surface area contributed by atoms with Crippen LogP contribution >= 0.6 is 0 Å². The Morgan fingerprint density at radius 2 is 1.83 bits per heavy atom. The Kier molecular flexibility index (Phi) is 4.94. The number of likely N-dealkylation sites (tertiary alicyclic amines) is 2. The monoisotopic (exact) mass is 392 g/mol. The first kappa shape index (κ1) is 18.9. The molecule has 3 aliphatic rings. The first-order valence-corrected chi connectivity index (χ1v) is 11.2. The number of amides is 1. The Balaban J connectivity index is 1.22. The van der Waals surface area contributed by atoms with Gasteiger partial charge in [-0.1, -0.05) is 36.8 Å². The Morgan fingerprint density at radius 1 is 1.10 bits per heavy atom. The number of rotatable bonds is 4. The van der Waals surface area contributed by atoms with Crippen molar-refractivity contribution in [2.75, 3.05) is 26.2 Å². The first-order chi connectivity index (χ1) is 14.1. The van der Waals surface area contributed by atoms with Gasteiger partial charge in [-0.3, -0.25) is 14.4 Å². The number of nitrogens with zero attached hydrogens (tertiary/aromatic N) is 4. The van der Waals surface area contributed by atoms with Crippen LogP contribution in [-0.4, -0.2) is 51.7 Å². The molecule has 0 radical (unpaired) electrons. The third-order valence-electron chi connectivity index (χ3n) is 7.61. The summed E-state index contributed by atoms with van der Waals surface area (Å²) in [5.74, 6) is 0.746. The lowest BCUT2D eigenvalue weighted by Crippen LogP contribution is -2.42. The molecule has 0 unspecified atom stereocenters. The average molecular weight is 393 g/mol. The number of aromatic nitrogens is 2. The van der Waals surface area contributed by atoms with E-state index < -0.39 is 0 Å². The van der Waals surface area contributed by atoms with Crippen molar-refractivity contribution in [3.05, 3.63) is 53.3 Å². The van der Waals surface area contributed by atoms with Gasteiger partial charge >= 0.3 is 0 Å². The van der Waals surface area contributed by atoms with Gasteiger partial charge in [0, 0.05) is 32.2 Å². The molecule has 0 N–H and O–H groups in total. The maximum Gasteiger partial charge on any atom is 0.272 e. The second-order valence-electron chi connectivity index (χ2n) is 9.44. The maximum absolute atomic E-state index is 13.4. The van der Waals surface area contributed by atoms with Crippen molar-refractivity contribution in [2.45, 2.75) is 51.0 Å². The van der Waals surface area contributed by atoms with Crippen LogP contribution in [0.2, 0.25) is 0 Å². The Bertz CT molecular complexity index is 862. The van der Waals surface area contributed by atoms with Crippen LogP contribution in [0.3, 0.4) is 0 Å². The van der Waals surface area contributed by atoms with E-state index >= 15 is 0 Å². The molecule has 5 rings (SSSR count). The highest BCUT2D eigenvalue weighted by molar-refractivity contribution is 5.94. The molecule has 5 nitrogen and oxygen atoms in total. The molecule has 1 saturated carbocycles. The molecule has 1 aromatic heterocycles. The van der Waals surface area contributed by atoms with Crippen LogP contribution in [0, 0.1) is 5.41 Å². The fourth-order valence-corrected chi connectivity index (χ4v) is 5.43. The molecule has 2 saturated heterocycles. The Hall–Kier alpha value is -2.14. The molecular formula is C24H32N4O. The van der Waals surface area contributed by atoms with Gasteiger partial charge in [-0.2, -0.15) is 5.10 Å². The number of hydrogen-bond donors (Lipinski definition) is 0. The van der Waals surface area contributed by atoms with Crippen LogP contribution in [0.15, 0.2) is 36.5 Å². The summed E-state index contributed by atoms with van der Waals surface area (Å²) in [6, 6.07) is 10.8. The van der Waals surface area contributed by atoms with Gasteiger partial charge < -0.3 is 4.90 Å². The zero-order valence-electron chi connectivity index (χ0n) is 17.5. The smallest absolute Gasteiger partial charge is 0.272 e. The summed E-state index contributed by atoms with van der Waals surface area (Å²) >= 11 is 0. The van der Waals surface area contributed by atoms with E-state index in [4.69, 9.17) is 0 Å². The van der Waals surface area contributed by atoms with Gasteiger partial charge in [0.15, 0.2) is 0 Å². The van der Waals surface area contributed by atoms with Crippen molar-refractivity contribution in [1.29, 1.82) is 0 Å². The zero-order chi connectivity index (χ0) is 19.8. The van der Waals surface area contributed by atoms with Crippen molar-refractivity contribution < 1.29 is 4.79 Å². The SMILES string of the molecule is Cn1ncc(C2CCC2)c1C(=O)N1CCC2(CCN(Cc3ccccc3)CC2)C1. The number of piperidine rings is 1. The number of hydrogen-bond acceptors (Lipinski definition) is 3. The van der Waals surface area contributed by atoms with Gasteiger partial charge in [0.25, 0.3) is 5.91 Å². The quantitative estimate of drug-likeness (QED) is 0.794. The molecule has 29 heavy (non-hydrogen) atoms. The summed E-state index contributed by atoms with van der Waals surface area (Å²) in [7, 11) is 1.92.